The first kappa shape index (κ1) is 16.9. The van der Waals surface area contributed by atoms with Gasteiger partial charge in [0.1, 0.15) is 9.88 Å². The smallest absolute Gasteiger partial charge is 0.308 e. The van der Waals surface area contributed by atoms with Crippen molar-refractivity contribution in [2.75, 3.05) is 13.1 Å². The minimum Gasteiger partial charge on any atom is -0.481 e. The minimum absolute atomic E-state index is 0.129. The zero-order valence-corrected chi connectivity index (χ0v) is 14.7. The monoisotopic (exact) mass is 364 g/mol. The van der Waals surface area contributed by atoms with Crippen LogP contribution in [-0.4, -0.2) is 40.0 Å². The van der Waals surface area contributed by atoms with E-state index in [-0.39, 0.29) is 12.5 Å². The Bertz CT molecular complexity index is 773. The molecule has 2 heterocycles. The van der Waals surface area contributed by atoms with Crippen molar-refractivity contribution in [2.24, 2.45) is 5.92 Å². The fraction of sp³-hybridized carbons (Fsp3) is 0.353. The molecular formula is C17H17ClN2O3S. The number of carbonyl (C=O) groups excluding carboxylic acids is 1. The van der Waals surface area contributed by atoms with E-state index in [2.05, 4.69) is 4.98 Å². The topological polar surface area (TPSA) is 70.5 Å². The van der Waals surface area contributed by atoms with Gasteiger partial charge in [-0.1, -0.05) is 23.7 Å². The van der Waals surface area contributed by atoms with Gasteiger partial charge < -0.3 is 10.0 Å². The summed E-state index contributed by atoms with van der Waals surface area (Å²) in [7, 11) is 0. The highest BCUT2D eigenvalue weighted by atomic mass is 35.5. The first-order valence-electron chi connectivity index (χ1n) is 7.71. The van der Waals surface area contributed by atoms with E-state index in [9.17, 15) is 14.7 Å². The molecule has 126 valence electrons. The third kappa shape index (κ3) is 3.44. The first-order chi connectivity index (χ1) is 11.5. The largest absolute Gasteiger partial charge is 0.481 e. The molecule has 0 bridgehead atoms. The van der Waals surface area contributed by atoms with Crippen LogP contribution in [0.3, 0.4) is 0 Å². The number of hydrogen-bond acceptors (Lipinski definition) is 4. The number of halogens is 1. The summed E-state index contributed by atoms with van der Waals surface area (Å²) >= 11 is 7.24. The fourth-order valence-corrected chi connectivity index (χ4v) is 3.98. The van der Waals surface area contributed by atoms with Crippen molar-refractivity contribution < 1.29 is 14.7 Å². The van der Waals surface area contributed by atoms with Crippen molar-refractivity contribution in [3.63, 3.8) is 0 Å². The Morgan fingerprint density at radius 3 is 2.71 bits per heavy atom. The van der Waals surface area contributed by atoms with Gasteiger partial charge in [-0.25, -0.2) is 4.98 Å². The Hall–Kier alpha value is -1.92. The molecule has 0 radical (unpaired) electrons. The summed E-state index contributed by atoms with van der Waals surface area (Å²) in [6, 6.07) is 7.32. The van der Waals surface area contributed by atoms with Crippen LogP contribution in [0.1, 0.15) is 28.2 Å². The molecule has 1 fully saturated rings. The summed E-state index contributed by atoms with van der Waals surface area (Å²) in [5.74, 6) is -1.45. The van der Waals surface area contributed by atoms with Gasteiger partial charge >= 0.3 is 5.97 Å². The number of benzene rings is 1. The molecule has 7 heteroatoms. The van der Waals surface area contributed by atoms with Crippen LogP contribution in [0, 0.1) is 12.8 Å². The molecule has 1 amide bonds. The summed E-state index contributed by atoms with van der Waals surface area (Å²) in [5.41, 5.74) is 1.58. The molecule has 1 aliphatic rings. The fourth-order valence-electron chi connectivity index (χ4n) is 2.82. The van der Waals surface area contributed by atoms with E-state index >= 15 is 0 Å². The standard InChI is InChI=1S/C17H17ClN2O3S/c1-10-14(16(21)20-8-2-3-12(9-20)17(22)23)24-15(19-10)11-4-6-13(18)7-5-11/h4-7,12H,2-3,8-9H2,1H3,(H,22,23)/t12-/m1/s1. The Labute approximate surface area is 148 Å². The molecule has 1 aromatic carbocycles. The van der Waals surface area contributed by atoms with Gasteiger partial charge in [-0.15, -0.1) is 11.3 Å². The highest BCUT2D eigenvalue weighted by molar-refractivity contribution is 7.17. The maximum Gasteiger partial charge on any atom is 0.308 e. The highest BCUT2D eigenvalue weighted by Crippen LogP contribution is 2.30. The lowest BCUT2D eigenvalue weighted by molar-refractivity contribution is -0.143. The van der Waals surface area contributed by atoms with Crippen LogP contribution in [0.5, 0.6) is 0 Å². The number of likely N-dealkylation sites (tertiary alicyclic amines) is 1. The number of aliphatic carboxylic acids is 1. The lowest BCUT2D eigenvalue weighted by Crippen LogP contribution is -2.42. The second-order valence-corrected chi connectivity index (χ2v) is 7.30. The number of hydrogen-bond donors (Lipinski definition) is 1. The molecule has 1 atom stereocenters. The number of aryl methyl sites for hydroxylation is 1. The third-order valence-corrected chi connectivity index (χ3v) is 5.59. The predicted octanol–water partition coefficient (Wildman–Crippen LogP) is 3.71. The molecule has 0 unspecified atom stereocenters. The molecule has 3 rings (SSSR count). The van der Waals surface area contributed by atoms with E-state index < -0.39 is 11.9 Å². The van der Waals surface area contributed by atoms with Crippen LogP contribution in [0.25, 0.3) is 10.6 Å². The van der Waals surface area contributed by atoms with Crippen LogP contribution < -0.4 is 0 Å². The molecule has 1 aromatic heterocycles. The molecular weight excluding hydrogens is 348 g/mol. The zero-order chi connectivity index (χ0) is 17.3. The SMILES string of the molecule is Cc1nc(-c2ccc(Cl)cc2)sc1C(=O)N1CCC[C@@H](C(=O)O)C1. The normalized spacial score (nSPS) is 17.8. The van der Waals surface area contributed by atoms with Gasteiger partial charge in [0.15, 0.2) is 0 Å². The Morgan fingerprint density at radius 2 is 2.04 bits per heavy atom. The predicted molar refractivity (Wildman–Crippen MR) is 93.6 cm³/mol. The van der Waals surface area contributed by atoms with Crippen molar-refractivity contribution in [1.29, 1.82) is 0 Å². The van der Waals surface area contributed by atoms with Crippen LogP contribution in [0.15, 0.2) is 24.3 Å². The lowest BCUT2D eigenvalue weighted by Gasteiger charge is -2.30. The van der Waals surface area contributed by atoms with Crippen LogP contribution in [-0.2, 0) is 4.79 Å². The lowest BCUT2D eigenvalue weighted by atomic mass is 9.98. The quantitative estimate of drug-likeness (QED) is 0.901. The molecule has 0 saturated carbocycles. The number of thiazole rings is 1. The number of piperidine rings is 1. The van der Waals surface area contributed by atoms with Crippen molar-refractivity contribution in [3.8, 4) is 10.6 Å². The average molecular weight is 365 g/mol. The van der Waals surface area contributed by atoms with Gasteiger partial charge in [-0.05, 0) is 31.9 Å². The molecule has 2 aromatic rings. The van der Waals surface area contributed by atoms with Gasteiger partial charge in [0.25, 0.3) is 5.91 Å². The number of carboxylic acids is 1. The maximum atomic E-state index is 12.8. The van der Waals surface area contributed by atoms with E-state index in [4.69, 9.17) is 11.6 Å². The highest BCUT2D eigenvalue weighted by Gasteiger charge is 2.30. The number of rotatable bonds is 3. The zero-order valence-electron chi connectivity index (χ0n) is 13.2. The first-order valence-corrected chi connectivity index (χ1v) is 8.90. The molecule has 1 saturated heterocycles. The number of carboxylic acid groups (broad SMARTS) is 1. The van der Waals surface area contributed by atoms with Gasteiger partial charge in [0.05, 0.1) is 11.6 Å². The molecule has 1 N–H and O–H groups in total. The molecule has 1 aliphatic heterocycles. The van der Waals surface area contributed by atoms with E-state index in [1.165, 1.54) is 11.3 Å². The molecule has 0 spiro atoms. The molecule has 5 nitrogen and oxygen atoms in total. The Morgan fingerprint density at radius 1 is 1.33 bits per heavy atom. The Kier molecular flexibility index (Phi) is 4.87. The molecule has 0 aliphatic carbocycles. The summed E-state index contributed by atoms with van der Waals surface area (Å²) in [6.45, 7) is 2.67. The van der Waals surface area contributed by atoms with Crippen molar-refractivity contribution in [2.45, 2.75) is 19.8 Å². The van der Waals surface area contributed by atoms with Gasteiger partial charge in [-0.2, -0.15) is 0 Å². The van der Waals surface area contributed by atoms with E-state index in [1.807, 2.05) is 19.1 Å². The maximum absolute atomic E-state index is 12.8. The average Bonchev–Trinajstić information content (AvgIpc) is 2.96. The summed E-state index contributed by atoms with van der Waals surface area (Å²) < 4.78 is 0. The van der Waals surface area contributed by atoms with Crippen LogP contribution in [0.2, 0.25) is 5.02 Å². The van der Waals surface area contributed by atoms with Gasteiger partial charge in [0.2, 0.25) is 0 Å². The second kappa shape index (κ2) is 6.91. The third-order valence-electron chi connectivity index (χ3n) is 4.14. The van der Waals surface area contributed by atoms with Crippen LogP contribution >= 0.6 is 22.9 Å². The number of aromatic nitrogens is 1. The van der Waals surface area contributed by atoms with E-state index in [0.717, 1.165) is 10.6 Å². The molecule has 24 heavy (non-hydrogen) atoms. The number of carbonyl (C=O) groups is 2. The Balaban J connectivity index is 1.83. The summed E-state index contributed by atoms with van der Waals surface area (Å²) in [4.78, 5) is 30.7. The van der Waals surface area contributed by atoms with Gasteiger partial charge in [-0.3, -0.25) is 9.59 Å². The van der Waals surface area contributed by atoms with Crippen molar-refractivity contribution in [1.82, 2.24) is 9.88 Å². The summed E-state index contributed by atoms with van der Waals surface area (Å²) in [5, 5.41) is 10.6. The minimum atomic E-state index is -0.838. The second-order valence-electron chi connectivity index (χ2n) is 5.87. The van der Waals surface area contributed by atoms with Gasteiger partial charge in [0, 0.05) is 23.7 Å². The van der Waals surface area contributed by atoms with Crippen molar-refractivity contribution >= 4 is 34.8 Å². The van der Waals surface area contributed by atoms with Crippen LogP contribution in [0.4, 0.5) is 0 Å². The van der Waals surface area contributed by atoms with E-state index in [0.29, 0.717) is 35.0 Å². The number of amides is 1. The van der Waals surface area contributed by atoms with E-state index in [1.54, 1.807) is 17.0 Å². The van der Waals surface area contributed by atoms with Crippen molar-refractivity contribution in [3.05, 3.63) is 39.9 Å². The number of nitrogens with zero attached hydrogens (tertiary/aromatic N) is 2. The summed E-state index contributed by atoms with van der Waals surface area (Å²) in [6.07, 6.45) is 1.33.